The van der Waals surface area contributed by atoms with Gasteiger partial charge in [-0.1, -0.05) is 6.07 Å². The fourth-order valence-electron chi connectivity index (χ4n) is 2.76. The number of benzene rings is 1. The van der Waals surface area contributed by atoms with Crippen LogP contribution in [0.2, 0.25) is 0 Å². The lowest BCUT2D eigenvalue weighted by Gasteiger charge is -2.20. The average molecular weight is 316 g/mol. The van der Waals surface area contributed by atoms with Crippen molar-refractivity contribution in [2.24, 2.45) is 0 Å². The zero-order valence-corrected chi connectivity index (χ0v) is 14.2. The monoisotopic (exact) mass is 316 g/mol. The first-order valence-corrected chi connectivity index (χ1v) is 8.08. The molecule has 0 saturated heterocycles. The van der Waals surface area contributed by atoms with Crippen LogP contribution >= 0.6 is 11.3 Å². The van der Waals surface area contributed by atoms with E-state index in [1.807, 2.05) is 0 Å². The molecule has 1 aliphatic rings. The van der Waals surface area contributed by atoms with Crippen LogP contribution in [0.25, 0.3) is 10.4 Å². The summed E-state index contributed by atoms with van der Waals surface area (Å²) in [6.07, 6.45) is 1.74. The first-order chi connectivity index (χ1) is 10.5. The highest BCUT2D eigenvalue weighted by molar-refractivity contribution is 7.19. The summed E-state index contributed by atoms with van der Waals surface area (Å²) in [6.45, 7) is 0. The highest BCUT2D eigenvalue weighted by Crippen LogP contribution is 2.43. The van der Waals surface area contributed by atoms with Gasteiger partial charge >= 0.3 is 6.09 Å². The third-order valence-electron chi connectivity index (χ3n) is 4.09. The van der Waals surface area contributed by atoms with Crippen molar-refractivity contribution in [2.75, 3.05) is 38.1 Å². The molecule has 22 heavy (non-hydrogen) atoms. The van der Waals surface area contributed by atoms with Crippen LogP contribution in [0.3, 0.4) is 0 Å². The molecule has 4 nitrogen and oxygen atoms in total. The van der Waals surface area contributed by atoms with Crippen LogP contribution in [-0.4, -0.2) is 34.3 Å². The van der Waals surface area contributed by atoms with Crippen molar-refractivity contribution in [3.05, 3.63) is 35.4 Å². The molecule has 1 aromatic carbocycles. The van der Waals surface area contributed by atoms with Gasteiger partial charge in [-0.25, -0.2) is 4.79 Å². The molecule has 0 fully saturated rings. The number of ether oxygens (including phenoxy) is 1. The van der Waals surface area contributed by atoms with Crippen LogP contribution in [0.4, 0.5) is 15.5 Å². The van der Waals surface area contributed by atoms with Gasteiger partial charge in [0.2, 0.25) is 0 Å². The summed E-state index contributed by atoms with van der Waals surface area (Å²) in [6, 6.07) is 8.74. The average Bonchev–Trinajstić information content (AvgIpc) is 2.97. The number of methoxy groups -OCH3 is 1. The second-order valence-electron chi connectivity index (χ2n) is 5.70. The molecule has 2 aromatic rings. The molecule has 0 atom stereocenters. The maximum Gasteiger partial charge on any atom is 0.414 e. The van der Waals surface area contributed by atoms with E-state index >= 15 is 0 Å². The number of thiophene rings is 1. The van der Waals surface area contributed by atoms with E-state index in [2.05, 4.69) is 43.3 Å². The number of hydrogen-bond donors (Lipinski definition) is 0. The Bertz CT molecular complexity index is 721. The van der Waals surface area contributed by atoms with E-state index < -0.39 is 0 Å². The maximum atomic E-state index is 11.7. The highest BCUT2D eigenvalue weighted by Gasteiger charge is 2.23. The number of fused-ring (bicyclic) bond motifs is 3. The van der Waals surface area contributed by atoms with Crippen LogP contribution in [0.5, 0.6) is 0 Å². The summed E-state index contributed by atoms with van der Waals surface area (Å²) >= 11 is 1.66. The summed E-state index contributed by atoms with van der Waals surface area (Å²) in [7, 11) is 7.26. The van der Waals surface area contributed by atoms with Crippen molar-refractivity contribution in [3.8, 4) is 10.4 Å². The Morgan fingerprint density at radius 2 is 1.86 bits per heavy atom. The number of anilines is 2. The van der Waals surface area contributed by atoms with E-state index in [0.717, 1.165) is 17.8 Å². The minimum Gasteiger partial charge on any atom is -0.452 e. The first-order valence-electron chi connectivity index (χ1n) is 7.26. The minimum atomic E-state index is -0.333. The predicted octanol–water partition coefficient (Wildman–Crippen LogP) is 3.78. The van der Waals surface area contributed by atoms with E-state index in [4.69, 9.17) is 4.74 Å². The Morgan fingerprint density at radius 3 is 2.55 bits per heavy atom. The molecule has 0 spiro atoms. The van der Waals surface area contributed by atoms with Crippen molar-refractivity contribution in [1.29, 1.82) is 0 Å². The van der Waals surface area contributed by atoms with Crippen molar-refractivity contribution in [3.63, 3.8) is 0 Å². The third-order valence-corrected chi connectivity index (χ3v) is 5.38. The Labute approximate surface area is 134 Å². The molecule has 0 aliphatic heterocycles. The van der Waals surface area contributed by atoms with Gasteiger partial charge in [0.25, 0.3) is 0 Å². The molecular weight excluding hydrogens is 296 g/mol. The second-order valence-corrected chi connectivity index (χ2v) is 6.73. The zero-order valence-electron chi connectivity index (χ0n) is 13.3. The lowest BCUT2D eigenvalue weighted by atomic mass is 9.91. The van der Waals surface area contributed by atoms with Gasteiger partial charge in [-0.2, -0.15) is 0 Å². The molecule has 0 bridgehead atoms. The van der Waals surface area contributed by atoms with Crippen molar-refractivity contribution in [2.45, 2.75) is 12.8 Å². The lowest BCUT2D eigenvalue weighted by Crippen LogP contribution is -2.24. The molecule has 1 aromatic heterocycles. The molecule has 0 saturated carbocycles. The van der Waals surface area contributed by atoms with Crippen LogP contribution < -0.4 is 9.80 Å². The SMILES string of the molecule is COC(=O)N(C)c1cc2c(s1)-c1cc(N(C)C)ccc1CC2. The summed E-state index contributed by atoms with van der Waals surface area (Å²) in [5, 5.41) is 0.931. The molecule has 1 heterocycles. The van der Waals surface area contributed by atoms with Gasteiger partial charge in [-0.05, 0) is 47.7 Å². The van der Waals surface area contributed by atoms with Gasteiger partial charge in [-0.15, -0.1) is 11.3 Å². The van der Waals surface area contributed by atoms with Crippen LogP contribution in [0, 0.1) is 0 Å². The largest absolute Gasteiger partial charge is 0.452 e. The summed E-state index contributed by atoms with van der Waals surface area (Å²) in [5.74, 6) is 0. The van der Waals surface area contributed by atoms with Gasteiger partial charge in [0.1, 0.15) is 5.00 Å². The van der Waals surface area contributed by atoms with E-state index in [-0.39, 0.29) is 6.09 Å². The number of hydrogen-bond acceptors (Lipinski definition) is 4. The van der Waals surface area contributed by atoms with Crippen LogP contribution in [-0.2, 0) is 17.6 Å². The van der Waals surface area contributed by atoms with E-state index in [1.54, 1.807) is 23.3 Å². The number of aryl methyl sites for hydroxylation is 2. The van der Waals surface area contributed by atoms with Gasteiger partial charge in [0.15, 0.2) is 0 Å². The normalized spacial score (nSPS) is 12.4. The Balaban J connectivity index is 2.05. The van der Waals surface area contributed by atoms with Crippen LogP contribution in [0.15, 0.2) is 24.3 Å². The number of amides is 1. The van der Waals surface area contributed by atoms with E-state index in [1.165, 1.54) is 34.4 Å². The zero-order chi connectivity index (χ0) is 15.9. The number of carbonyl (C=O) groups excluding carboxylic acids is 1. The number of carbonyl (C=O) groups is 1. The number of nitrogens with zero attached hydrogens (tertiary/aromatic N) is 2. The third kappa shape index (κ3) is 2.46. The summed E-state index contributed by atoms with van der Waals surface area (Å²) in [5.41, 5.74) is 5.19. The Kier molecular flexibility index (Phi) is 3.83. The van der Waals surface area contributed by atoms with Crippen molar-refractivity contribution in [1.82, 2.24) is 0 Å². The molecular formula is C17H20N2O2S. The molecule has 1 amide bonds. The van der Waals surface area contributed by atoms with Gasteiger partial charge < -0.3 is 9.64 Å². The number of rotatable bonds is 2. The van der Waals surface area contributed by atoms with Crippen molar-refractivity contribution < 1.29 is 9.53 Å². The highest BCUT2D eigenvalue weighted by atomic mass is 32.1. The standard InChI is InChI=1S/C17H20N2O2S/c1-18(2)13-8-7-11-5-6-12-9-15(19(3)17(20)21-4)22-16(12)14(11)10-13/h7-10H,5-6H2,1-4H3. The smallest absolute Gasteiger partial charge is 0.414 e. The van der Waals surface area contributed by atoms with Crippen LogP contribution in [0.1, 0.15) is 11.1 Å². The molecule has 5 heteroatoms. The van der Waals surface area contributed by atoms with Gasteiger partial charge in [-0.3, -0.25) is 4.90 Å². The second kappa shape index (κ2) is 5.65. The molecule has 0 unspecified atom stereocenters. The molecule has 0 radical (unpaired) electrons. The molecule has 116 valence electrons. The van der Waals surface area contributed by atoms with Gasteiger partial charge in [0.05, 0.1) is 7.11 Å². The van der Waals surface area contributed by atoms with Gasteiger partial charge in [0, 0.05) is 31.7 Å². The summed E-state index contributed by atoms with van der Waals surface area (Å²) in [4.78, 5) is 16.7. The fourth-order valence-corrected chi connectivity index (χ4v) is 3.98. The molecule has 3 rings (SSSR count). The van der Waals surface area contributed by atoms with E-state index in [9.17, 15) is 4.79 Å². The van der Waals surface area contributed by atoms with E-state index in [0.29, 0.717) is 0 Å². The minimum absolute atomic E-state index is 0.333. The lowest BCUT2D eigenvalue weighted by molar-refractivity contribution is 0.180. The maximum absolute atomic E-state index is 11.7. The summed E-state index contributed by atoms with van der Waals surface area (Å²) < 4.78 is 4.81. The Morgan fingerprint density at radius 1 is 1.14 bits per heavy atom. The topological polar surface area (TPSA) is 32.8 Å². The predicted molar refractivity (Wildman–Crippen MR) is 92.3 cm³/mol. The molecule has 1 aliphatic carbocycles. The Hall–Kier alpha value is -2.01. The quantitative estimate of drug-likeness (QED) is 0.845. The van der Waals surface area contributed by atoms with Crippen molar-refractivity contribution >= 4 is 28.1 Å². The first kappa shape index (κ1) is 14.9. The molecule has 0 N–H and O–H groups in total. The fraction of sp³-hybridized carbons (Fsp3) is 0.353.